The van der Waals surface area contributed by atoms with Gasteiger partial charge in [0.2, 0.25) is 11.8 Å². The van der Waals surface area contributed by atoms with E-state index in [1.54, 1.807) is 11.3 Å². The molecule has 3 rings (SSSR count). The molecular formula is C20H25N3O2S. The summed E-state index contributed by atoms with van der Waals surface area (Å²) in [5.74, 6) is 0.202. The van der Waals surface area contributed by atoms with Crippen LogP contribution in [0.25, 0.3) is 0 Å². The normalized spacial score (nSPS) is 15.0. The third kappa shape index (κ3) is 5.41. The molecule has 1 aromatic carbocycles. The highest BCUT2D eigenvalue weighted by Gasteiger charge is 2.22. The van der Waals surface area contributed by atoms with Gasteiger partial charge in [0, 0.05) is 43.2 Å². The first-order valence-corrected chi connectivity index (χ1v) is 9.87. The summed E-state index contributed by atoms with van der Waals surface area (Å²) in [6.45, 7) is 5.26. The van der Waals surface area contributed by atoms with E-state index in [-0.39, 0.29) is 11.8 Å². The molecule has 0 unspecified atom stereocenters. The molecule has 2 heterocycles. The SMILES string of the molecule is Cc1ccc(NC(=O)CN2CCN(C(=O)CCc3cccs3)CC2)cc1. The van der Waals surface area contributed by atoms with Crippen LogP contribution in [0.4, 0.5) is 5.69 Å². The van der Waals surface area contributed by atoms with E-state index >= 15 is 0 Å². The number of hydrogen-bond acceptors (Lipinski definition) is 4. The van der Waals surface area contributed by atoms with Gasteiger partial charge in [-0.2, -0.15) is 0 Å². The minimum absolute atomic E-state index is 0.00803. The fraction of sp³-hybridized carbons (Fsp3) is 0.400. The van der Waals surface area contributed by atoms with Gasteiger partial charge < -0.3 is 10.2 Å². The van der Waals surface area contributed by atoms with Crippen LogP contribution in [-0.4, -0.2) is 54.3 Å². The van der Waals surface area contributed by atoms with Gasteiger partial charge in [-0.1, -0.05) is 23.8 Å². The summed E-state index contributed by atoms with van der Waals surface area (Å²) in [7, 11) is 0. The number of rotatable bonds is 6. The van der Waals surface area contributed by atoms with Crippen molar-refractivity contribution in [3.63, 3.8) is 0 Å². The molecule has 5 nitrogen and oxygen atoms in total. The van der Waals surface area contributed by atoms with Crippen LogP contribution in [0, 0.1) is 6.92 Å². The highest BCUT2D eigenvalue weighted by molar-refractivity contribution is 7.09. The molecule has 1 aromatic heterocycles. The zero-order valence-electron chi connectivity index (χ0n) is 15.1. The lowest BCUT2D eigenvalue weighted by molar-refractivity contribution is -0.133. The average molecular weight is 372 g/mol. The number of carbonyl (C=O) groups is 2. The first-order valence-electron chi connectivity index (χ1n) is 8.99. The Morgan fingerprint density at radius 2 is 1.81 bits per heavy atom. The van der Waals surface area contributed by atoms with E-state index in [1.807, 2.05) is 47.5 Å². The molecule has 1 aliphatic heterocycles. The molecule has 0 spiro atoms. The van der Waals surface area contributed by atoms with E-state index in [9.17, 15) is 9.59 Å². The van der Waals surface area contributed by atoms with Crippen LogP contribution in [0.2, 0.25) is 0 Å². The molecular weight excluding hydrogens is 346 g/mol. The molecule has 1 fully saturated rings. The number of nitrogens with zero attached hydrogens (tertiary/aromatic N) is 2. The fourth-order valence-corrected chi connectivity index (χ4v) is 3.75. The maximum atomic E-state index is 12.3. The zero-order chi connectivity index (χ0) is 18.4. The quantitative estimate of drug-likeness (QED) is 0.850. The first-order chi connectivity index (χ1) is 12.6. The molecule has 0 aliphatic carbocycles. The second-order valence-electron chi connectivity index (χ2n) is 6.65. The van der Waals surface area contributed by atoms with Crippen LogP contribution in [-0.2, 0) is 16.0 Å². The largest absolute Gasteiger partial charge is 0.340 e. The second kappa shape index (κ2) is 8.96. The number of aryl methyl sites for hydroxylation is 2. The van der Waals surface area contributed by atoms with Crippen LogP contribution in [0.1, 0.15) is 16.9 Å². The van der Waals surface area contributed by atoms with Gasteiger partial charge in [-0.25, -0.2) is 0 Å². The minimum Gasteiger partial charge on any atom is -0.340 e. The lowest BCUT2D eigenvalue weighted by atomic mass is 10.2. The Morgan fingerprint density at radius 3 is 2.46 bits per heavy atom. The molecule has 138 valence electrons. The highest BCUT2D eigenvalue weighted by atomic mass is 32.1. The van der Waals surface area contributed by atoms with Crippen molar-refractivity contribution in [2.75, 3.05) is 38.0 Å². The van der Waals surface area contributed by atoms with E-state index in [2.05, 4.69) is 16.3 Å². The van der Waals surface area contributed by atoms with Gasteiger partial charge in [0.05, 0.1) is 6.54 Å². The maximum Gasteiger partial charge on any atom is 0.238 e. The molecule has 6 heteroatoms. The van der Waals surface area contributed by atoms with Gasteiger partial charge in [0.25, 0.3) is 0 Å². The van der Waals surface area contributed by atoms with E-state index in [1.165, 1.54) is 10.4 Å². The van der Waals surface area contributed by atoms with Crippen molar-refractivity contribution in [2.45, 2.75) is 19.8 Å². The topological polar surface area (TPSA) is 52.7 Å². The smallest absolute Gasteiger partial charge is 0.238 e. The van der Waals surface area contributed by atoms with Crippen molar-refractivity contribution in [1.82, 2.24) is 9.80 Å². The number of anilines is 1. The minimum atomic E-state index is -0.00803. The van der Waals surface area contributed by atoms with Crippen molar-refractivity contribution in [1.29, 1.82) is 0 Å². The lowest BCUT2D eigenvalue weighted by Gasteiger charge is -2.34. The molecule has 0 bridgehead atoms. The Bertz CT molecular complexity index is 720. The molecule has 2 aromatic rings. The van der Waals surface area contributed by atoms with E-state index < -0.39 is 0 Å². The van der Waals surface area contributed by atoms with Crippen molar-refractivity contribution in [3.8, 4) is 0 Å². The highest BCUT2D eigenvalue weighted by Crippen LogP contribution is 2.13. The van der Waals surface area contributed by atoms with Crippen molar-refractivity contribution in [2.24, 2.45) is 0 Å². The number of hydrogen-bond donors (Lipinski definition) is 1. The number of piperazine rings is 1. The summed E-state index contributed by atoms with van der Waals surface area (Å²) in [6, 6.07) is 11.9. The maximum absolute atomic E-state index is 12.3. The summed E-state index contributed by atoms with van der Waals surface area (Å²) in [5.41, 5.74) is 1.99. The zero-order valence-corrected chi connectivity index (χ0v) is 15.9. The van der Waals surface area contributed by atoms with Crippen LogP contribution < -0.4 is 5.32 Å². The third-order valence-corrected chi connectivity index (χ3v) is 5.53. The van der Waals surface area contributed by atoms with Crippen LogP contribution in [0.15, 0.2) is 41.8 Å². The fourth-order valence-electron chi connectivity index (χ4n) is 3.04. The predicted octanol–water partition coefficient (Wildman–Crippen LogP) is 2.77. The summed E-state index contributed by atoms with van der Waals surface area (Å²) < 4.78 is 0. The summed E-state index contributed by atoms with van der Waals surface area (Å²) >= 11 is 1.70. The van der Waals surface area contributed by atoms with Gasteiger partial charge in [-0.05, 0) is 36.9 Å². The lowest BCUT2D eigenvalue weighted by Crippen LogP contribution is -2.50. The predicted molar refractivity (Wildman–Crippen MR) is 105 cm³/mol. The van der Waals surface area contributed by atoms with Crippen LogP contribution in [0.3, 0.4) is 0 Å². The number of amides is 2. The standard InChI is InChI=1S/C20H25N3O2S/c1-16-4-6-17(7-5-16)21-19(24)15-22-10-12-23(13-11-22)20(25)9-8-18-3-2-14-26-18/h2-7,14H,8-13,15H2,1H3,(H,21,24). The Balaban J connectivity index is 1.38. The van der Waals surface area contributed by atoms with Crippen molar-refractivity contribution < 1.29 is 9.59 Å². The van der Waals surface area contributed by atoms with E-state index in [0.29, 0.717) is 26.1 Å². The van der Waals surface area contributed by atoms with Crippen LogP contribution in [0.5, 0.6) is 0 Å². The molecule has 1 aliphatic rings. The van der Waals surface area contributed by atoms with Crippen LogP contribution >= 0.6 is 11.3 Å². The molecule has 1 saturated heterocycles. The number of nitrogens with one attached hydrogen (secondary N) is 1. The van der Waals surface area contributed by atoms with Gasteiger partial charge in [0.1, 0.15) is 0 Å². The first kappa shape index (κ1) is 18.6. The summed E-state index contributed by atoms with van der Waals surface area (Å²) in [4.78, 5) is 29.8. The monoisotopic (exact) mass is 371 g/mol. The molecule has 0 radical (unpaired) electrons. The second-order valence-corrected chi connectivity index (χ2v) is 7.68. The third-order valence-electron chi connectivity index (χ3n) is 4.59. The Morgan fingerprint density at radius 1 is 1.08 bits per heavy atom. The van der Waals surface area contributed by atoms with E-state index in [4.69, 9.17) is 0 Å². The average Bonchev–Trinajstić information content (AvgIpc) is 3.16. The van der Waals surface area contributed by atoms with Gasteiger partial charge in [-0.3, -0.25) is 14.5 Å². The summed E-state index contributed by atoms with van der Waals surface area (Å²) in [6.07, 6.45) is 1.38. The van der Waals surface area contributed by atoms with Gasteiger partial charge in [0.15, 0.2) is 0 Å². The van der Waals surface area contributed by atoms with Crippen molar-refractivity contribution in [3.05, 3.63) is 52.2 Å². The molecule has 0 saturated carbocycles. The van der Waals surface area contributed by atoms with Gasteiger partial charge >= 0.3 is 0 Å². The molecule has 0 atom stereocenters. The van der Waals surface area contributed by atoms with E-state index in [0.717, 1.165) is 25.2 Å². The van der Waals surface area contributed by atoms with Crippen molar-refractivity contribution >= 4 is 28.8 Å². The van der Waals surface area contributed by atoms with Gasteiger partial charge in [-0.15, -0.1) is 11.3 Å². The molecule has 2 amide bonds. The number of thiophene rings is 1. The Hall–Kier alpha value is -2.18. The molecule has 1 N–H and O–H groups in total. The Kier molecular flexibility index (Phi) is 6.41. The number of benzene rings is 1. The number of carbonyl (C=O) groups excluding carboxylic acids is 2. The summed E-state index contributed by atoms with van der Waals surface area (Å²) in [5, 5.41) is 4.97. The Labute approximate surface area is 158 Å². The molecule has 26 heavy (non-hydrogen) atoms.